The van der Waals surface area contributed by atoms with Crippen LogP contribution in [0.15, 0.2) is 144 Å². The summed E-state index contributed by atoms with van der Waals surface area (Å²) in [6, 6.07) is 27.3. The highest BCUT2D eigenvalue weighted by atomic mass is 35.5. The van der Waals surface area contributed by atoms with Crippen molar-refractivity contribution in [1.29, 1.82) is 0 Å². The van der Waals surface area contributed by atoms with Gasteiger partial charge in [0.2, 0.25) is 23.6 Å². The minimum absolute atomic E-state index is 0.0194. The normalized spacial score (nSPS) is 14.4. The van der Waals surface area contributed by atoms with Gasteiger partial charge in [-0.05, 0) is 72.7 Å². The number of aromatic carboxylic acids is 1. The highest BCUT2D eigenvalue weighted by Gasteiger charge is 2.35. The number of carboxylic acids is 3. The Labute approximate surface area is 702 Å². The third kappa shape index (κ3) is 19.2. The maximum atomic E-state index is 11.8. The molecule has 606 valence electrons. The summed E-state index contributed by atoms with van der Waals surface area (Å²) in [4.78, 5) is 80.3. The van der Waals surface area contributed by atoms with E-state index in [9.17, 15) is 42.0 Å². The van der Waals surface area contributed by atoms with Crippen LogP contribution in [0, 0.1) is 12.0 Å². The number of hydrogen-bond donors (Lipinski definition) is 3. The molecule has 40 nitrogen and oxygen atoms in total. The van der Waals surface area contributed by atoms with Crippen molar-refractivity contribution in [1.82, 2.24) is 84.0 Å². The van der Waals surface area contributed by atoms with Gasteiger partial charge in [0, 0.05) is 44.8 Å². The maximum Gasteiger partial charge on any atom is 0.375 e. The molecule has 0 bridgehead atoms. The minimum atomic E-state index is -3.51. The van der Waals surface area contributed by atoms with E-state index in [1.807, 2.05) is 37.3 Å². The molecule has 0 spiro atoms. The molecular weight excluding hydrogens is 1730 g/mol. The van der Waals surface area contributed by atoms with E-state index in [-0.39, 0.29) is 39.9 Å². The Kier molecular flexibility index (Phi) is 25.9. The van der Waals surface area contributed by atoms with Gasteiger partial charge in [-0.25, -0.2) is 32.5 Å². The second kappa shape index (κ2) is 36.4. The van der Waals surface area contributed by atoms with Crippen LogP contribution in [0.2, 0.25) is 35.2 Å². The van der Waals surface area contributed by atoms with Crippen LogP contribution >= 0.6 is 81.2 Å². The first-order valence-electron chi connectivity index (χ1n) is 33.8. The molecule has 5 aromatic carbocycles. The SMILES string of the molecule is CC(C)(C)C1=Nn2c(/C=C/C(=O)O)nnc2C1.CC1=Nn2c(nnc2C(=O)O)C1.O=COC1=Nn2c(nc3cc(Cl)cc(Cl)c32)C1.O=COC1=Nn2c(nnc2-c2c(Cl)cc(Cl)cc2Cl)C1.O=COC1=Nn2c(nnc2-c2ccc(Cl)c(Cl)c2)C1.O=COC1=Nn2c(nnc2-c2ccccc2)C1.[C-]#[N+]/C(C(=O)O)=C1\CS(=O)(=O)c2ccccc21. The summed E-state index contributed by atoms with van der Waals surface area (Å²) >= 11 is 41.9. The fraction of sp³-hybridized carbons (Fsp3) is 0.169. The van der Waals surface area contributed by atoms with Gasteiger partial charge in [-0.15, -0.1) is 71.4 Å². The molecule has 3 N–H and O–H groups in total. The van der Waals surface area contributed by atoms with Gasteiger partial charge in [0.25, 0.3) is 37.4 Å². The van der Waals surface area contributed by atoms with Crippen molar-refractivity contribution < 1.29 is 76.2 Å². The van der Waals surface area contributed by atoms with Crippen LogP contribution in [0.1, 0.15) is 84.6 Å². The van der Waals surface area contributed by atoms with Gasteiger partial charge in [0.1, 0.15) is 11.3 Å². The Morgan fingerprint density at radius 3 is 1.55 bits per heavy atom. The molecule has 0 atom stereocenters. The molecule has 0 saturated carbocycles. The monoisotopic (exact) mass is 1770 g/mol. The van der Waals surface area contributed by atoms with E-state index in [2.05, 4.69) is 112 Å². The molecule has 6 aromatic heterocycles. The first-order valence-corrected chi connectivity index (χ1v) is 38.1. The molecule has 0 unspecified atom stereocenters. The fourth-order valence-electron chi connectivity index (χ4n) is 11.5. The lowest BCUT2D eigenvalue weighted by Gasteiger charge is -2.16. The third-order valence-corrected chi connectivity index (χ3v) is 20.4. The number of aliphatic carboxylic acids is 2. The third-order valence-electron chi connectivity index (χ3n) is 16.7. The maximum absolute atomic E-state index is 11.8. The quantitative estimate of drug-likeness (QED) is 0.0469. The van der Waals surface area contributed by atoms with Gasteiger partial charge in [0.05, 0.1) is 91.2 Å². The molecule has 0 fully saturated rings. The average molecular weight is 1780 g/mol. The number of hydrogen-bond acceptors (Lipinski definition) is 30. The van der Waals surface area contributed by atoms with Crippen molar-refractivity contribution in [3.8, 4) is 34.2 Å². The van der Waals surface area contributed by atoms with Crippen LogP contribution < -0.4 is 0 Å². The van der Waals surface area contributed by atoms with Gasteiger partial charge in [0.15, 0.2) is 62.3 Å². The van der Waals surface area contributed by atoms with E-state index in [0.29, 0.717) is 180 Å². The number of carbonyl (C=O) groups is 7. The number of sulfone groups is 1. The molecule has 48 heteroatoms. The molecular formula is C71H51Cl7N24O16S. The van der Waals surface area contributed by atoms with E-state index < -0.39 is 39.2 Å². The molecule has 119 heavy (non-hydrogen) atoms. The number of aromatic nitrogens is 17. The average Bonchev–Trinajstić information content (AvgIpc) is 1.62. The van der Waals surface area contributed by atoms with Gasteiger partial charge in [-0.3, -0.25) is 24.0 Å². The molecule has 0 amide bonds. The van der Waals surface area contributed by atoms with Crippen molar-refractivity contribution in [2.75, 3.05) is 5.75 Å². The summed E-state index contributed by atoms with van der Waals surface area (Å²) in [5, 5.41) is 92.9. The number of benzene rings is 5. The number of rotatable bonds is 11. The lowest BCUT2D eigenvalue weighted by molar-refractivity contribution is -0.132. The van der Waals surface area contributed by atoms with Crippen LogP contribution in [0.3, 0.4) is 0 Å². The number of ether oxygens (including phenoxy) is 4. The van der Waals surface area contributed by atoms with Crippen LogP contribution in [-0.2, 0) is 96.1 Å². The molecule has 13 heterocycles. The predicted molar refractivity (Wildman–Crippen MR) is 427 cm³/mol. The molecule has 7 aliphatic heterocycles. The lowest BCUT2D eigenvalue weighted by Crippen LogP contribution is -2.20. The summed E-state index contributed by atoms with van der Waals surface area (Å²) in [5.74, 6) is 2.84. The minimum Gasteiger partial charge on any atom is -0.486 e. The van der Waals surface area contributed by atoms with Crippen LogP contribution in [0.4, 0.5) is 0 Å². The summed E-state index contributed by atoms with van der Waals surface area (Å²) in [7, 11) is -3.51. The summed E-state index contributed by atoms with van der Waals surface area (Å²) < 4.78 is 51.3. The van der Waals surface area contributed by atoms with Crippen LogP contribution in [-0.4, -0.2) is 192 Å². The zero-order chi connectivity index (χ0) is 85.3. The van der Waals surface area contributed by atoms with Crippen molar-refractivity contribution in [3.63, 3.8) is 0 Å². The fourth-order valence-corrected chi connectivity index (χ4v) is 14.9. The van der Waals surface area contributed by atoms with Crippen molar-refractivity contribution in [2.45, 2.75) is 71.1 Å². The topological polar surface area (TPSA) is 501 Å². The highest BCUT2D eigenvalue weighted by molar-refractivity contribution is 7.92. The first-order chi connectivity index (χ1) is 56.9. The van der Waals surface area contributed by atoms with E-state index in [4.69, 9.17) is 122 Å². The van der Waals surface area contributed by atoms with E-state index in [0.717, 1.165) is 34.5 Å². The van der Waals surface area contributed by atoms with Gasteiger partial charge in [-0.1, -0.05) is 151 Å². The van der Waals surface area contributed by atoms with E-state index in [1.165, 1.54) is 32.2 Å². The second-order valence-electron chi connectivity index (χ2n) is 25.6. The molecule has 0 radical (unpaired) electrons. The largest absolute Gasteiger partial charge is 0.486 e. The highest BCUT2D eigenvalue weighted by Crippen LogP contribution is 2.40. The standard InChI is InChI=1S/C11H5Cl3N4O2.C11H6Cl2N4O2.C11H8N4O2.C11H14N4O2.C11H7NO4S.C10H5Cl2N3O2.C6H6N4O2/c12-5-1-6(13)10(7(14)2-5)11-16-15-8-3-9(20-4-19)17-18(8)11;12-7-2-1-6(3-8(7)13)11-15-14-9-4-10(19-5-18)16-17(9)11;16-7-17-10-6-9-12-13-11(15(9)14-10)8-4-2-1-3-5-8;1-11(2,3)7-6-9-13-12-8(15(9)14-7)4-5-10(16)17;1-12-10(11(13)14)8-6-17(15,16)9-5-3-2-4-7(8)9;11-5-1-6(12)10-7(2-5)13-8-3-9(17-4-16)14-15(8)10;1-3-2-4-7-8-5(6(11)12)10(4)9-3/h1-2,4H,3H2;1-3,5H,4H2;1-5,7H,6H2;4-5H,6H2,1-3H3,(H,16,17);2-5H,6H2,(H,13,14);1-2,4H,3H2;2H2,1H3,(H,11,12)/b;;;5-4+;10-8+;;. The second-order valence-corrected chi connectivity index (χ2v) is 30.5. The van der Waals surface area contributed by atoms with Gasteiger partial charge < -0.3 is 34.3 Å². The Hall–Kier alpha value is -13.5. The summed E-state index contributed by atoms with van der Waals surface area (Å²) in [6.45, 7) is 16.2. The van der Waals surface area contributed by atoms with Gasteiger partial charge in [-0.2, -0.15) is 33.6 Å². The molecule has 18 rings (SSSR count). The number of carbonyl (C=O) groups excluding carboxylic acids is 4. The summed E-state index contributed by atoms with van der Waals surface area (Å²) in [6.07, 6.45) is 5.02. The summed E-state index contributed by atoms with van der Waals surface area (Å²) in [5.41, 5.74) is 5.16. The molecule has 7 aliphatic rings. The number of fused-ring (bicyclic) bond motifs is 9. The van der Waals surface area contributed by atoms with Gasteiger partial charge >= 0.3 is 17.9 Å². The van der Waals surface area contributed by atoms with E-state index >= 15 is 0 Å². The lowest BCUT2D eigenvalue weighted by atomic mass is 9.88. The molecule has 0 saturated heterocycles. The Morgan fingerprint density at radius 2 is 1.00 bits per heavy atom. The number of nitrogens with zero attached hydrogens (tertiary/aromatic N) is 24. The Balaban J connectivity index is 0.000000128. The molecule has 0 aliphatic carbocycles. The molecule has 11 aromatic rings. The Morgan fingerprint density at radius 1 is 0.504 bits per heavy atom. The zero-order valence-corrected chi connectivity index (χ0v) is 67.2. The predicted octanol–water partition coefficient (Wildman–Crippen LogP) is 10.1. The Bertz CT molecular complexity index is 6380. The first kappa shape index (κ1) is 84.9. The van der Waals surface area contributed by atoms with E-state index in [1.54, 1.807) is 68.6 Å². The van der Waals surface area contributed by atoms with Crippen LogP contribution in [0.5, 0.6) is 0 Å². The van der Waals surface area contributed by atoms with Crippen molar-refractivity contribution in [3.05, 3.63) is 208 Å². The van der Waals surface area contributed by atoms with Crippen molar-refractivity contribution in [2.24, 2.45) is 36.0 Å². The number of carboxylic acid groups (broad SMARTS) is 3. The smallest absolute Gasteiger partial charge is 0.375 e. The number of halogens is 7. The van der Waals surface area contributed by atoms with Crippen molar-refractivity contribution >= 4 is 193 Å². The van der Waals surface area contributed by atoms with Crippen LogP contribution in [0.25, 0.3) is 61.7 Å². The zero-order valence-electron chi connectivity index (χ0n) is 61.1. The number of imidazole rings is 1.